The molecular formula is C65H127NO5. The van der Waals surface area contributed by atoms with E-state index in [0.29, 0.717) is 25.9 Å². The van der Waals surface area contributed by atoms with E-state index >= 15 is 0 Å². The standard InChI is InChI=1S/C65H127NO5/c1-3-5-7-9-11-13-15-17-18-19-25-29-32-35-39-43-47-51-55-59-65(70)71-60-56-52-48-44-40-36-33-30-27-24-22-20-21-23-26-28-31-34-38-42-46-50-54-58-64(69)66-62(61-67)63(68)57-53-49-45-41-37-16-14-12-10-8-6-4-2/h17-18,62-63,67-68H,3-16,19-61H2,1-2H3,(H,66,69)/b18-17-. The van der Waals surface area contributed by atoms with Gasteiger partial charge in [-0.25, -0.2) is 0 Å². The average molecular weight is 1000 g/mol. The summed E-state index contributed by atoms with van der Waals surface area (Å²) in [6.07, 6.45) is 73.8. The Bertz CT molecular complexity index is 1060. The van der Waals surface area contributed by atoms with Crippen molar-refractivity contribution in [3.8, 4) is 0 Å². The summed E-state index contributed by atoms with van der Waals surface area (Å²) in [6, 6.07) is -0.539. The van der Waals surface area contributed by atoms with E-state index in [2.05, 4.69) is 31.3 Å². The lowest BCUT2D eigenvalue weighted by atomic mass is 10.0. The first-order chi connectivity index (χ1) is 35.0. The number of aliphatic hydroxyl groups is 2. The number of rotatable bonds is 61. The highest BCUT2D eigenvalue weighted by atomic mass is 16.5. The number of allylic oxidation sites excluding steroid dienone is 2. The Morgan fingerprint density at radius 2 is 0.662 bits per heavy atom. The highest BCUT2D eigenvalue weighted by molar-refractivity contribution is 5.76. The highest BCUT2D eigenvalue weighted by Gasteiger charge is 2.20. The normalized spacial score (nSPS) is 12.6. The largest absolute Gasteiger partial charge is 0.466 e. The van der Waals surface area contributed by atoms with Crippen LogP contribution in [-0.4, -0.2) is 47.4 Å². The number of hydrogen-bond acceptors (Lipinski definition) is 5. The predicted octanol–water partition coefficient (Wildman–Crippen LogP) is 20.4. The molecule has 0 aromatic heterocycles. The van der Waals surface area contributed by atoms with Crippen molar-refractivity contribution in [1.29, 1.82) is 0 Å². The van der Waals surface area contributed by atoms with Crippen LogP contribution in [0.1, 0.15) is 367 Å². The van der Waals surface area contributed by atoms with Gasteiger partial charge in [-0.05, 0) is 51.4 Å². The molecule has 0 heterocycles. The van der Waals surface area contributed by atoms with Gasteiger partial charge < -0.3 is 20.3 Å². The molecule has 0 spiro atoms. The molecule has 0 saturated heterocycles. The van der Waals surface area contributed by atoms with Gasteiger partial charge in [-0.1, -0.05) is 315 Å². The second-order valence-electron chi connectivity index (χ2n) is 22.5. The quantitative estimate of drug-likeness (QED) is 0.0320. The van der Waals surface area contributed by atoms with Crippen LogP contribution in [-0.2, 0) is 14.3 Å². The van der Waals surface area contributed by atoms with E-state index in [-0.39, 0.29) is 18.5 Å². The van der Waals surface area contributed by atoms with Gasteiger partial charge >= 0.3 is 5.97 Å². The number of carbonyl (C=O) groups excluding carboxylic acids is 2. The molecule has 0 radical (unpaired) electrons. The van der Waals surface area contributed by atoms with Crippen LogP contribution in [0.5, 0.6) is 0 Å². The molecule has 3 N–H and O–H groups in total. The minimum absolute atomic E-state index is 0.0148. The van der Waals surface area contributed by atoms with Crippen molar-refractivity contribution in [2.24, 2.45) is 0 Å². The van der Waals surface area contributed by atoms with Gasteiger partial charge in [-0.3, -0.25) is 9.59 Å². The molecule has 0 aliphatic rings. The lowest BCUT2D eigenvalue weighted by molar-refractivity contribution is -0.143. The molecule has 6 nitrogen and oxygen atoms in total. The van der Waals surface area contributed by atoms with Crippen LogP contribution in [0.15, 0.2) is 12.2 Å². The molecule has 1 amide bonds. The highest BCUT2D eigenvalue weighted by Crippen LogP contribution is 2.18. The maximum atomic E-state index is 12.5. The second-order valence-corrected chi connectivity index (χ2v) is 22.5. The van der Waals surface area contributed by atoms with E-state index in [9.17, 15) is 19.8 Å². The van der Waals surface area contributed by atoms with Crippen molar-refractivity contribution in [2.75, 3.05) is 13.2 Å². The average Bonchev–Trinajstić information content (AvgIpc) is 3.37. The summed E-state index contributed by atoms with van der Waals surface area (Å²) in [6.45, 7) is 4.97. The second kappa shape index (κ2) is 61.1. The van der Waals surface area contributed by atoms with E-state index < -0.39 is 12.1 Å². The number of unbranched alkanes of at least 4 members (excludes halogenated alkanes) is 48. The van der Waals surface area contributed by atoms with E-state index in [1.54, 1.807) is 0 Å². The first kappa shape index (κ1) is 69.6. The summed E-state index contributed by atoms with van der Waals surface area (Å²) < 4.78 is 5.50. The summed E-state index contributed by atoms with van der Waals surface area (Å²) in [4.78, 5) is 24.6. The molecular weight excluding hydrogens is 875 g/mol. The van der Waals surface area contributed by atoms with E-state index in [4.69, 9.17) is 4.74 Å². The number of aliphatic hydroxyl groups excluding tert-OH is 2. The number of carbonyl (C=O) groups is 2. The van der Waals surface area contributed by atoms with E-state index in [1.807, 2.05) is 0 Å². The van der Waals surface area contributed by atoms with Gasteiger partial charge in [0.25, 0.3) is 0 Å². The number of amides is 1. The van der Waals surface area contributed by atoms with Gasteiger partial charge in [0.05, 0.1) is 25.4 Å². The first-order valence-electron chi connectivity index (χ1n) is 32.4. The minimum Gasteiger partial charge on any atom is -0.466 e. The number of esters is 1. The number of nitrogens with one attached hydrogen (secondary N) is 1. The molecule has 0 aliphatic heterocycles. The van der Waals surface area contributed by atoms with Gasteiger partial charge in [0.15, 0.2) is 0 Å². The Balaban J connectivity index is 3.33. The molecule has 0 saturated carbocycles. The molecule has 2 unspecified atom stereocenters. The Hall–Kier alpha value is -1.40. The fourth-order valence-electron chi connectivity index (χ4n) is 10.3. The summed E-state index contributed by atoms with van der Waals surface area (Å²) in [5.74, 6) is -0.0183. The van der Waals surface area contributed by atoms with Crippen LogP contribution >= 0.6 is 0 Å². The molecule has 2 atom stereocenters. The van der Waals surface area contributed by atoms with E-state index in [0.717, 1.165) is 38.5 Å². The molecule has 0 bridgehead atoms. The van der Waals surface area contributed by atoms with Gasteiger partial charge in [-0.2, -0.15) is 0 Å². The molecule has 0 fully saturated rings. The summed E-state index contributed by atoms with van der Waals surface area (Å²) in [5, 5.41) is 23.2. The molecule has 0 aromatic rings. The first-order valence-corrected chi connectivity index (χ1v) is 32.4. The zero-order chi connectivity index (χ0) is 51.4. The minimum atomic E-state index is -0.662. The summed E-state index contributed by atoms with van der Waals surface area (Å²) >= 11 is 0. The van der Waals surface area contributed by atoms with Gasteiger partial charge in [0, 0.05) is 12.8 Å². The SMILES string of the molecule is CCCCCCCC/C=C\CCCCCCCCCCCC(=O)OCCCCCCCCCCCCCCCCCCCCCCCCCC(=O)NC(CO)C(O)CCCCCCCCCCCCCC. The molecule has 0 aliphatic carbocycles. The number of ether oxygens (including phenoxy) is 1. The molecule has 0 rings (SSSR count). The Kier molecular flexibility index (Phi) is 59.9. The molecule has 71 heavy (non-hydrogen) atoms. The van der Waals surface area contributed by atoms with Crippen molar-refractivity contribution in [2.45, 2.75) is 379 Å². The fourth-order valence-corrected chi connectivity index (χ4v) is 10.3. The van der Waals surface area contributed by atoms with Crippen molar-refractivity contribution in [3.05, 3.63) is 12.2 Å². The van der Waals surface area contributed by atoms with E-state index in [1.165, 1.54) is 295 Å². The van der Waals surface area contributed by atoms with Crippen LogP contribution in [0.3, 0.4) is 0 Å². The summed E-state index contributed by atoms with van der Waals surface area (Å²) in [7, 11) is 0. The molecule has 0 aromatic carbocycles. The zero-order valence-electron chi connectivity index (χ0n) is 48.2. The third-order valence-electron chi connectivity index (χ3n) is 15.3. The Morgan fingerprint density at radius 1 is 0.380 bits per heavy atom. The van der Waals surface area contributed by atoms with Crippen molar-refractivity contribution >= 4 is 11.9 Å². The third kappa shape index (κ3) is 57.7. The van der Waals surface area contributed by atoms with Crippen molar-refractivity contribution in [3.63, 3.8) is 0 Å². The molecule has 6 heteroatoms. The molecule has 422 valence electrons. The van der Waals surface area contributed by atoms with Crippen LogP contribution < -0.4 is 5.32 Å². The third-order valence-corrected chi connectivity index (χ3v) is 15.3. The number of hydrogen-bond donors (Lipinski definition) is 3. The Labute approximate surface area is 444 Å². The predicted molar refractivity (Wildman–Crippen MR) is 310 cm³/mol. The van der Waals surface area contributed by atoms with Gasteiger partial charge in [0.1, 0.15) is 0 Å². The maximum absolute atomic E-state index is 12.5. The van der Waals surface area contributed by atoms with Crippen molar-refractivity contribution in [1.82, 2.24) is 5.32 Å². The van der Waals surface area contributed by atoms with Gasteiger partial charge in [0.2, 0.25) is 5.91 Å². The lowest BCUT2D eigenvalue weighted by Crippen LogP contribution is -2.45. The lowest BCUT2D eigenvalue weighted by Gasteiger charge is -2.22. The van der Waals surface area contributed by atoms with Crippen LogP contribution in [0, 0.1) is 0 Å². The van der Waals surface area contributed by atoms with Crippen LogP contribution in [0.25, 0.3) is 0 Å². The van der Waals surface area contributed by atoms with Crippen molar-refractivity contribution < 1.29 is 24.5 Å². The van der Waals surface area contributed by atoms with Gasteiger partial charge in [-0.15, -0.1) is 0 Å². The topological polar surface area (TPSA) is 95.9 Å². The Morgan fingerprint density at radius 3 is 1.00 bits per heavy atom. The monoisotopic (exact) mass is 1000 g/mol. The van der Waals surface area contributed by atoms with Crippen LogP contribution in [0.2, 0.25) is 0 Å². The smallest absolute Gasteiger partial charge is 0.305 e. The van der Waals surface area contributed by atoms with Crippen LogP contribution in [0.4, 0.5) is 0 Å². The fraction of sp³-hybridized carbons (Fsp3) is 0.938. The zero-order valence-corrected chi connectivity index (χ0v) is 48.2. The summed E-state index contributed by atoms with van der Waals surface area (Å²) in [5.41, 5.74) is 0. The maximum Gasteiger partial charge on any atom is 0.305 e.